The molecule has 0 saturated carbocycles. The van der Waals surface area contributed by atoms with Crippen LogP contribution >= 0.6 is 24.2 Å². The van der Waals surface area contributed by atoms with Crippen LogP contribution in [0.25, 0.3) is 0 Å². The Morgan fingerprint density at radius 1 is 1.50 bits per heavy atom. The van der Waals surface area contributed by atoms with Gasteiger partial charge in [0.1, 0.15) is 12.6 Å². The lowest BCUT2D eigenvalue weighted by Crippen LogP contribution is -2.33. The van der Waals surface area contributed by atoms with Crippen molar-refractivity contribution in [2.75, 3.05) is 32.3 Å². The van der Waals surface area contributed by atoms with E-state index in [0.29, 0.717) is 13.0 Å². The molecule has 14 heavy (non-hydrogen) atoms. The van der Waals surface area contributed by atoms with E-state index in [0.717, 1.165) is 5.75 Å². The SMILES string of the molecule is COCCOC(=O)[C@@H](N)CCSC.Cl. The van der Waals surface area contributed by atoms with Gasteiger partial charge >= 0.3 is 5.97 Å². The summed E-state index contributed by atoms with van der Waals surface area (Å²) in [4.78, 5) is 11.1. The molecule has 0 aliphatic rings. The van der Waals surface area contributed by atoms with Crippen molar-refractivity contribution in [1.82, 2.24) is 0 Å². The average molecular weight is 244 g/mol. The van der Waals surface area contributed by atoms with Crippen molar-refractivity contribution in [2.45, 2.75) is 12.5 Å². The first-order valence-corrected chi connectivity index (χ1v) is 5.51. The number of nitrogens with two attached hydrogens (primary N) is 1. The number of carbonyl (C=O) groups is 1. The van der Waals surface area contributed by atoms with Crippen LogP contribution in [0.4, 0.5) is 0 Å². The summed E-state index contributed by atoms with van der Waals surface area (Å²) < 4.78 is 9.57. The monoisotopic (exact) mass is 243 g/mol. The number of esters is 1. The van der Waals surface area contributed by atoms with E-state index in [-0.39, 0.29) is 25.0 Å². The number of methoxy groups -OCH3 is 1. The molecule has 0 heterocycles. The Hall–Kier alpha value is 0.0300. The van der Waals surface area contributed by atoms with Crippen LogP contribution in [-0.2, 0) is 14.3 Å². The molecule has 0 amide bonds. The lowest BCUT2D eigenvalue weighted by molar-refractivity contribution is -0.146. The molecule has 4 nitrogen and oxygen atoms in total. The van der Waals surface area contributed by atoms with Crippen LogP contribution in [0.3, 0.4) is 0 Å². The summed E-state index contributed by atoms with van der Waals surface area (Å²) >= 11 is 1.66. The van der Waals surface area contributed by atoms with Crippen molar-refractivity contribution in [2.24, 2.45) is 5.73 Å². The Morgan fingerprint density at radius 3 is 2.64 bits per heavy atom. The first-order chi connectivity index (χ1) is 6.22. The summed E-state index contributed by atoms with van der Waals surface area (Å²) in [6.45, 7) is 0.698. The number of rotatable bonds is 7. The van der Waals surface area contributed by atoms with Crippen molar-refractivity contribution in [1.29, 1.82) is 0 Å². The lowest BCUT2D eigenvalue weighted by Gasteiger charge is -2.09. The van der Waals surface area contributed by atoms with Gasteiger partial charge in [-0.3, -0.25) is 4.79 Å². The van der Waals surface area contributed by atoms with Crippen LogP contribution in [0, 0.1) is 0 Å². The number of hydrogen-bond donors (Lipinski definition) is 1. The topological polar surface area (TPSA) is 61.5 Å². The van der Waals surface area contributed by atoms with Crippen LogP contribution in [0.1, 0.15) is 6.42 Å². The van der Waals surface area contributed by atoms with Gasteiger partial charge in [-0.15, -0.1) is 12.4 Å². The highest BCUT2D eigenvalue weighted by Gasteiger charge is 2.13. The maximum Gasteiger partial charge on any atom is 0.323 e. The molecule has 0 unspecified atom stereocenters. The third-order valence-corrected chi connectivity index (χ3v) is 2.11. The summed E-state index contributed by atoms with van der Waals surface area (Å²) in [5, 5.41) is 0. The minimum atomic E-state index is -0.496. The van der Waals surface area contributed by atoms with Crippen molar-refractivity contribution < 1.29 is 14.3 Å². The Bertz CT molecular complexity index is 149. The number of hydrogen-bond acceptors (Lipinski definition) is 5. The van der Waals surface area contributed by atoms with Gasteiger partial charge < -0.3 is 15.2 Å². The lowest BCUT2D eigenvalue weighted by atomic mass is 10.2. The fourth-order valence-electron chi connectivity index (χ4n) is 0.695. The molecule has 86 valence electrons. The quantitative estimate of drug-likeness (QED) is 0.526. The van der Waals surface area contributed by atoms with E-state index in [9.17, 15) is 4.79 Å². The van der Waals surface area contributed by atoms with Gasteiger partial charge in [0, 0.05) is 7.11 Å². The van der Waals surface area contributed by atoms with E-state index in [4.69, 9.17) is 15.2 Å². The van der Waals surface area contributed by atoms with E-state index >= 15 is 0 Å². The summed E-state index contributed by atoms with van der Waals surface area (Å²) in [6.07, 6.45) is 2.63. The molecule has 0 radical (unpaired) electrons. The van der Waals surface area contributed by atoms with Gasteiger partial charge in [-0.1, -0.05) is 0 Å². The van der Waals surface area contributed by atoms with Crippen LogP contribution in [0.5, 0.6) is 0 Å². The Kier molecular flexibility index (Phi) is 13.1. The molecule has 0 aromatic heterocycles. The highest BCUT2D eigenvalue weighted by Crippen LogP contribution is 2.00. The molecule has 1 atom stereocenters. The van der Waals surface area contributed by atoms with Crippen LogP contribution in [0.2, 0.25) is 0 Å². The van der Waals surface area contributed by atoms with Gasteiger partial charge in [0.15, 0.2) is 0 Å². The van der Waals surface area contributed by atoms with E-state index in [1.54, 1.807) is 18.9 Å². The molecule has 0 bridgehead atoms. The normalized spacial score (nSPS) is 11.6. The van der Waals surface area contributed by atoms with E-state index in [2.05, 4.69) is 0 Å². The predicted molar refractivity (Wildman–Crippen MR) is 61.1 cm³/mol. The van der Waals surface area contributed by atoms with Crippen molar-refractivity contribution >= 4 is 30.1 Å². The molecule has 0 aromatic carbocycles. The molecule has 0 aliphatic heterocycles. The second-order valence-corrected chi connectivity index (χ2v) is 3.53. The zero-order valence-electron chi connectivity index (χ0n) is 8.52. The van der Waals surface area contributed by atoms with Crippen molar-refractivity contribution in [3.8, 4) is 0 Å². The average Bonchev–Trinajstić information content (AvgIpc) is 2.14. The Balaban J connectivity index is 0. The van der Waals surface area contributed by atoms with Gasteiger partial charge in [-0.25, -0.2) is 0 Å². The van der Waals surface area contributed by atoms with Gasteiger partial charge in [0.25, 0.3) is 0 Å². The molecule has 2 N–H and O–H groups in total. The first kappa shape index (κ1) is 16.5. The minimum absolute atomic E-state index is 0. The maximum absolute atomic E-state index is 11.1. The predicted octanol–water partition coefficient (Wildman–Crippen LogP) is 0.678. The molecule has 0 rings (SSSR count). The zero-order chi connectivity index (χ0) is 10.1. The number of ether oxygens (including phenoxy) is 2. The molecule has 0 aromatic rings. The standard InChI is InChI=1S/C8H17NO3S.ClH/c1-11-4-5-12-8(10)7(9)3-6-13-2;/h7H,3-6,9H2,1-2H3;1H/t7-;/m0./s1. The summed E-state index contributed by atoms with van der Waals surface area (Å²) in [6, 6.07) is -0.496. The van der Waals surface area contributed by atoms with E-state index < -0.39 is 6.04 Å². The van der Waals surface area contributed by atoms with Crippen LogP contribution in [0.15, 0.2) is 0 Å². The van der Waals surface area contributed by atoms with Crippen LogP contribution in [-0.4, -0.2) is 44.3 Å². The Labute approximate surface area is 95.3 Å². The summed E-state index contributed by atoms with van der Waals surface area (Å²) in [7, 11) is 1.56. The van der Waals surface area contributed by atoms with Gasteiger partial charge in [-0.2, -0.15) is 11.8 Å². The second kappa shape index (κ2) is 11.1. The third-order valence-electron chi connectivity index (χ3n) is 1.47. The van der Waals surface area contributed by atoms with Gasteiger partial charge in [0.05, 0.1) is 6.61 Å². The number of carbonyl (C=O) groups excluding carboxylic acids is 1. The minimum Gasteiger partial charge on any atom is -0.462 e. The number of halogens is 1. The highest BCUT2D eigenvalue weighted by atomic mass is 35.5. The smallest absolute Gasteiger partial charge is 0.323 e. The fraction of sp³-hybridized carbons (Fsp3) is 0.875. The molecule has 0 fully saturated rings. The fourth-order valence-corrected chi connectivity index (χ4v) is 1.18. The second-order valence-electron chi connectivity index (χ2n) is 2.55. The molecule has 0 saturated heterocycles. The number of thioether (sulfide) groups is 1. The van der Waals surface area contributed by atoms with Gasteiger partial charge in [0.2, 0.25) is 0 Å². The maximum atomic E-state index is 11.1. The van der Waals surface area contributed by atoms with Crippen molar-refractivity contribution in [3.63, 3.8) is 0 Å². The molecule has 6 heteroatoms. The summed E-state index contributed by atoms with van der Waals surface area (Å²) in [5.41, 5.74) is 5.56. The Morgan fingerprint density at radius 2 is 2.14 bits per heavy atom. The molecule has 0 aliphatic carbocycles. The zero-order valence-corrected chi connectivity index (χ0v) is 10.2. The largest absolute Gasteiger partial charge is 0.462 e. The highest BCUT2D eigenvalue weighted by molar-refractivity contribution is 7.98. The van der Waals surface area contributed by atoms with Crippen LogP contribution < -0.4 is 5.73 Å². The molecular formula is C8H18ClNO3S. The van der Waals surface area contributed by atoms with Crippen molar-refractivity contribution in [3.05, 3.63) is 0 Å². The third kappa shape index (κ3) is 8.62. The molecular weight excluding hydrogens is 226 g/mol. The summed E-state index contributed by atoms with van der Waals surface area (Å²) in [5.74, 6) is 0.534. The van der Waals surface area contributed by atoms with E-state index in [1.165, 1.54) is 0 Å². The van der Waals surface area contributed by atoms with E-state index in [1.807, 2.05) is 6.26 Å². The first-order valence-electron chi connectivity index (χ1n) is 4.12. The van der Waals surface area contributed by atoms with Gasteiger partial charge in [-0.05, 0) is 18.4 Å². The molecule has 0 spiro atoms.